The molecule has 0 spiro atoms. The van der Waals surface area contributed by atoms with Crippen molar-refractivity contribution in [2.24, 2.45) is 11.8 Å². The maximum absolute atomic E-state index is 11.2. The normalized spacial score (nSPS) is 21.7. The molecule has 7 nitrogen and oxygen atoms in total. The van der Waals surface area contributed by atoms with Crippen molar-refractivity contribution >= 4 is 11.5 Å². The summed E-state index contributed by atoms with van der Waals surface area (Å²) in [4.78, 5) is 10.9. The van der Waals surface area contributed by atoms with Crippen LogP contribution in [-0.4, -0.2) is 33.0 Å². The molecule has 2 N–H and O–H groups in total. The number of rotatable bonds is 7. The SMILES string of the molecule is CCCn1nc(C)c([N+](=O)[O-])c1NCC1CCCC1CO. The number of aromatic nitrogens is 2. The number of hydrogen-bond donors (Lipinski definition) is 2. The highest BCUT2D eigenvalue weighted by Crippen LogP contribution is 2.33. The first-order valence-electron chi connectivity index (χ1n) is 7.65. The summed E-state index contributed by atoms with van der Waals surface area (Å²) < 4.78 is 1.69. The molecule has 2 unspecified atom stereocenters. The molecule has 1 heterocycles. The lowest BCUT2D eigenvalue weighted by Crippen LogP contribution is -2.22. The van der Waals surface area contributed by atoms with Crippen LogP contribution in [-0.2, 0) is 6.54 Å². The molecule has 7 heteroatoms. The minimum Gasteiger partial charge on any atom is -0.396 e. The zero-order valence-corrected chi connectivity index (χ0v) is 12.7. The summed E-state index contributed by atoms with van der Waals surface area (Å²) in [5.41, 5.74) is 0.517. The third-order valence-corrected chi connectivity index (χ3v) is 4.30. The van der Waals surface area contributed by atoms with Gasteiger partial charge in [0.15, 0.2) is 0 Å². The summed E-state index contributed by atoms with van der Waals surface area (Å²) >= 11 is 0. The second-order valence-corrected chi connectivity index (χ2v) is 5.78. The molecule has 21 heavy (non-hydrogen) atoms. The van der Waals surface area contributed by atoms with E-state index in [1.54, 1.807) is 11.6 Å². The fourth-order valence-electron chi connectivity index (χ4n) is 3.19. The zero-order valence-electron chi connectivity index (χ0n) is 12.7. The molecule has 1 fully saturated rings. The van der Waals surface area contributed by atoms with E-state index in [2.05, 4.69) is 10.4 Å². The molecule has 0 aromatic carbocycles. The van der Waals surface area contributed by atoms with Crippen molar-refractivity contribution in [3.8, 4) is 0 Å². The van der Waals surface area contributed by atoms with Crippen LogP contribution in [0.2, 0.25) is 0 Å². The third kappa shape index (κ3) is 3.34. The van der Waals surface area contributed by atoms with E-state index in [9.17, 15) is 15.2 Å². The second-order valence-electron chi connectivity index (χ2n) is 5.78. The smallest absolute Gasteiger partial charge is 0.333 e. The van der Waals surface area contributed by atoms with Gasteiger partial charge in [0, 0.05) is 19.7 Å². The van der Waals surface area contributed by atoms with Crippen LogP contribution in [0.25, 0.3) is 0 Å². The van der Waals surface area contributed by atoms with Crippen molar-refractivity contribution in [3.63, 3.8) is 0 Å². The standard InChI is InChI=1S/C14H24N4O3/c1-3-7-17-14(13(18(20)21)10(2)16-17)15-8-11-5-4-6-12(11)9-19/h11-12,15,19H,3-9H2,1-2H3. The Balaban J connectivity index is 2.15. The molecule has 2 rings (SSSR count). The number of nitrogens with one attached hydrogen (secondary N) is 1. The highest BCUT2D eigenvalue weighted by atomic mass is 16.6. The number of hydrogen-bond acceptors (Lipinski definition) is 5. The number of anilines is 1. The number of aliphatic hydroxyl groups is 1. The largest absolute Gasteiger partial charge is 0.396 e. The van der Waals surface area contributed by atoms with Crippen LogP contribution < -0.4 is 5.32 Å². The van der Waals surface area contributed by atoms with Gasteiger partial charge in [-0.05, 0) is 38.0 Å². The molecule has 1 aromatic heterocycles. The van der Waals surface area contributed by atoms with Gasteiger partial charge in [0.1, 0.15) is 5.69 Å². The third-order valence-electron chi connectivity index (χ3n) is 4.30. The molecule has 0 aliphatic heterocycles. The highest BCUT2D eigenvalue weighted by Gasteiger charge is 2.29. The lowest BCUT2D eigenvalue weighted by Gasteiger charge is -2.18. The Morgan fingerprint density at radius 1 is 1.48 bits per heavy atom. The summed E-state index contributed by atoms with van der Waals surface area (Å²) in [5, 5.41) is 28.1. The lowest BCUT2D eigenvalue weighted by atomic mass is 9.97. The molecule has 1 aliphatic carbocycles. The topological polar surface area (TPSA) is 93.2 Å². The maximum atomic E-state index is 11.2. The van der Waals surface area contributed by atoms with Crippen molar-refractivity contribution in [1.29, 1.82) is 0 Å². The summed E-state index contributed by atoms with van der Waals surface area (Å²) in [6.07, 6.45) is 4.09. The number of nitro groups is 1. The Kier molecular flexibility index (Phi) is 5.17. The van der Waals surface area contributed by atoms with Crippen LogP contribution in [0, 0.1) is 28.9 Å². The van der Waals surface area contributed by atoms with E-state index in [1.165, 1.54) is 0 Å². The van der Waals surface area contributed by atoms with Crippen molar-refractivity contribution < 1.29 is 10.0 Å². The molecule has 2 atom stereocenters. The van der Waals surface area contributed by atoms with Crippen molar-refractivity contribution in [3.05, 3.63) is 15.8 Å². The summed E-state index contributed by atoms with van der Waals surface area (Å²) in [7, 11) is 0. The molecule has 0 saturated heterocycles. The van der Waals surface area contributed by atoms with Gasteiger partial charge in [-0.1, -0.05) is 13.3 Å². The second kappa shape index (κ2) is 6.89. The van der Waals surface area contributed by atoms with Crippen LogP contribution in [0.5, 0.6) is 0 Å². The fourth-order valence-corrected chi connectivity index (χ4v) is 3.19. The van der Waals surface area contributed by atoms with Gasteiger partial charge >= 0.3 is 5.69 Å². The van der Waals surface area contributed by atoms with Gasteiger partial charge in [-0.15, -0.1) is 0 Å². The average Bonchev–Trinajstić information content (AvgIpc) is 3.00. The van der Waals surface area contributed by atoms with Crippen LogP contribution in [0.15, 0.2) is 0 Å². The van der Waals surface area contributed by atoms with Gasteiger partial charge in [-0.3, -0.25) is 10.1 Å². The molecule has 0 bridgehead atoms. The molecule has 0 amide bonds. The maximum Gasteiger partial charge on any atom is 0.333 e. The van der Waals surface area contributed by atoms with Gasteiger partial charge in [0.25, 0.3) is 0 Å². The van der Waals surface area contributed by atoms with Crippen LogP contribution in [0.3, 0.4) is 0 Å². The molecular weight excluding hydrogens is 272 g/mol. The van der Waals surface area contributed by atoms with E-state index in [0.29, 0.717) is 36.4 Å². The first-order chi connectivity index (χ1) is 10.1. The monoisotopic (exact) mass is 296 g/mol. The van der Waals surface area contributed by atoms with Gasteiger partial charge in [-0.2, -0.15) is 5.10 Å². The summed E-state index contributed by atoms with van der Waals surface area (Å²) in [5.74, 6) is 1.18. The Labute approximate surface area is 124 Å². The van der Waals surface area contributed by atoms with Crippen LogP contribution >= 0.6 is 0 Å². The van der Waals surface area contributed by atoms with Gasteiger partial charge < -0.3 is 10.4 Å². The van der Waals surface area contributed by atoms with E-state index in [4.69, 9.17) is 0 Å². The van der Waals surface area contributed by atoms with Crippen molar-refractivity contribution in [2.45, 2.75) is 46.1 Å². The predicted molar refractivity (Wildman–Crippen MR) is 80.3 cm³/mol. The molecule has 1 saturated carbocycles. The minimum absolute atomic E-state index is 0.0713. The number of aryl methyl sites for hydroxylation is 2. The molecule has 1 aromatic rings. The van der Waals surface area contributed by atoms with Crippen LogP contribution in [0.4, 0.5) is 11.5 Å². The molecular formula is C14H24N4O3. The van der Waals surface area contributed by atoms with Gasteiger partial charge in [-0.25, -0.2) is 4.68 Å². The number of aliphatic hydroxyl groups excluding tert-OH is 1. The van der Waals surface area contributed by atoms with Gasteiger partial charge in [0.2, 0.25) is 5.82 Å². The van der Waals surface area contributed by atoms with Crippen LogP contribution in [0.1, 0.15) is 38.3 Å². The Hall–Kier alpha value is -1.63. The van der Waals surface area contributed by atoms with Crippen molar-refractivity contribution in [1.82, 2.24) is 9.78 Å². The predicted octanol–water partition coefficient (Wildman–Crippen LogP) is 2.33. The summed E-state index contributed by atoms with van der Waals surface area (Å²) in [6.45, 7) is 5.20. The Morgan fingerprint density at radius 2 is 2.19 bits per heavy atom. The zero-order chi connectivity index (χ0) is 15.4. The van der Waals surface area contributed by atoms with E-state index in [1.807, 2.05) is 6.92 Å². The van der Waals surface area contributed by atoms with E-state index in [-0.39, 0.29) is 17.2 Å². The van der Waals surface area contributed by atoms with E-state index in [0.717, 1.165) is 25.7 Å². The molecule has 0 radical (unpaired) electrons. The quantitative estimate of drug-likeness (QED) is 0.595. The van der Waals surface area contributed by atoms with Crippen molar-refractivity contribution in [2.75, 3.05) is 18.5 Å². The Bertz CT molecular complexity index is 501. The average molecular weight is 296 g/mol. The highest BCUT2D eigenvalue weighted by molar-refractivity contribution is 5.59. The minimum atomic E-state index is -0.366. The fraction of sp³-hybridized carbons (Fsp3) is 0.786. The summed E-state index contributed by atoms with van der Waals surface area (Å²) in [6, 6.07) is 0. The first kappa shape index (κ1) is 15.8. The number of nitrogens with zero attached hydrogens (tertiary/aromatic N) is 3. The first-order valence-corrected chi connectivity index (χ1v) is 7.65. The Morgan fingerprint density at radius 3 is 2.81 bits per heavy atom. The lowest BCUT2D eigenvalue weighted by molar-refractivity contribution is -0.384. The van der Waals surface area contributed by atoms with Gasteiger partial charge in [0.05, 0.1) is 4.92 Å². The van der Waals surface area contributed by atoms with E-state index >= 15 is 0 Å². The molecule has 1 aliphatic rings. The van der Waals surface area contributed by atoms with E-state index < -0.39 is 0 Å². The molecule has 118 valence electrons.